The van der Waals surface area contributed by atoms with Crippen molar-refractivity contribution in [1.82, 2.24) is 0 Å². The number of rotatable bonds is 8. The van der Waals surface area contributed by atoms with Gasteiger partial charge >= 0.3 is 137 Å². The third-order valence-corrected chi connectivity index (χ3v) is 5.99. The second-order valence-corrected chi connectivity index (χ2v) is 7.85. The van der Waals surface area contributed by atoms with Gasteiger partial charge in [-0.15, -0.1) is 0 Å². The first-order chi connectivity index (χ1) is 10.8. The zero-order valence-electron chi connectivity index (χ0n) is 12.2. The Morgan fingerprint density at radius 1 is 1.00 bits per heavy atom. The number of nitrogens with zero attached hydrogens (tertiary/aromatic N) is 3. The van der Waals surface area contributed by atoms with Crippen LogP contribution < -0.4 is 4.46 Å². The minimum atomic E-state index is -0.457. The Labute approximate surface area is 137 Å². The predicted octanol–water partition coefficient (Wildman–Crippen LogP) is 3.63. The Hall–Kier alpha value is -1.77. The van der Waals surface area contributed by atoms with Crippen molar-refractivity contribution in [1.29, 1.82) is 0 Å². The van der Waals surface area contributed by atoms with Gasteiger partial charge in [0.05, 0.1) is 0 Å². The fraction of sp³-hybridized carbons (Fsp3) is 0.294. The van der Waals surface area contributed by atoms with Crippen LogP contribution in [0.15, 0.2) is 65.8 Å². The number of azide groups is 1. The second-order valence-electron chi connectivity index (χ2n) is 4.97. The monoisotopic (exact) mass is 361 g/mol. The average Bonchev–Trinajstić information content (AvgIpc) is 2.58. The minimum absolute atomic E-state index is 0.242. The molecule has 0 aliphatic heterocycles. The van der Waals surface area contributed by atoms with Gasteiger partial charge in [0.2, 0.25) is 0 Å². The van der Waals surface area contributed by atoms with Gasteiger partial charge in [0.1, 0.15) is 0 Å². The van der Waals surface area contributed by atoms with E-state index in [9.17, 15) is 5.11 Å². The molecule has 0 aromatic heterocycles. The molecule has 0 heterocycles. The van der Waals surface area contributed by atoms with E-state index in [-0.39, 0.29) is 15.0 Å². The molecule has 0 fully saturated rings. The summed E-state index contributed by atoms with van der Waals surface area (Å²) in [5, 5.41) is 14.0. The Kier molecular flexibility index (Phi) is 7.01. The van der Waals surface area contributed by atoms with Crippen LogP contribution >= 0.6 is 0 Å². The van der Waals surface area contributed by atoms with E-state index in [0.717, 1.165) is 12.0 Å². The summed E-state index contributed by atoms with van der Waals surface area (Å²) < 4.78 is 1.29. The normalized spacial score (nSPS) is 13.1. The van der Waals surface area contributed by atoms with Crippen molar-refractivity contribution in [2.24, 2.45) is 5.11 Å². The molecule has 22 heavy (non-hydrogen) atoms. The quantitative estimate of drug-likeness (QED) is 0.332. The third kappa shape index (κ3) is 5.55. The van der Waals surface area contributed by atoms with Crippen molar-refractivity contribution >= 4 is 19.4 Å². The summed E-state index contributed by atoms with van der Waals surface area (Å²) in [4.78, 5) is 3.18. The van der Waals surface area contributed by atoms with Gasteiger partial charge in [0.25, 0.3) is 0 Å². The molecule has 2 aromatic carbocycles. The molecule has 2 atom stereocenters. The molecule has 5 heteroatoms. The summed E-state index contributed by atoms with van der Waals surface area (Å²) in [6, 6.07) is 20.0. The topological polar surface area (TPSA) is 69.0 Å². The van der Waals surface area contributed by atoms with Crippen LogP contribution in [0.5, 0.6) is 0 Å². The van der Waals surface area contributed by atoms with E-state index < -0.39 is 6.10 Å². The van der Waals surface area contributed by atoms with Crippen molar-refractivity contribution in [2.75, 3.05) is 6.54 Å². The van der Waals surface area contributed by atoms with Crippen molar-refractivity contribution in [2.45, 2.75) is 23.8 Å². The molecule has 2 aromatic rings. The van der Waals surface area contributed by atoms with Crippen LogP contribution in [0.1, 0.15) is 24.5 Å². The van der Waals surface area contributed by atoms with E-state index in [1.807, 2.05) is 48.5 Å². The van der Waals surface area contributed by atoms with Gasteiger partial charge in [-0.2, -0.15) is 0 Å². The van der Waals surface area contributed by atoms with Crippen LogP contribution in [0.4, 0.5) is 0 Å². The van der Waals surface area contributed by atoms with Crippen LogP contribution in [0.25, 0.3) is 10.4 Å². The first-order valence-electron chi connectivity index (χ1n) is 7.25. The fourth-order valence-electron chi connectivity index (χ4n) is 2.19. The molecule has 114 valence electrons. The van der Waals surface area contributed by atoms with Gasteiger partial charge in [0.15, 0.2) is 0 Å². The van der Waals surface area contributed by atoms with Crippen LogP contribution in [0, 0.1) is 0 Å². The molecule has 0 bridgehead atoms. The van der Waals surface area contributed by atoms with Gasteiger partial charge < -0.3 is 0 Å². The zero-order valence-corrected chi connectivity index (χ0v) is 14.0. The first-order valence-corrected chi connectivity index (χ1v) is 9.09. The Bertz CT molecular complexity index is 600. The second kappa shape index (κ2) is 9.29. The fourth-order valence-corrected chi connectivity index (χ4v) is 4.49. The first kappa shape index (κ1) is 16.6. The van der Waals surface area contributed by atoms with Gasteiger partial charge in [-0.1, -0.05) is 0 Å². The van der Waals surface area contributed by atoms with Crippen LogP contribution in [-0.4, -0.2) is 26.6 Å². The third-order valence-electron chi connectivity index (χ3n) is 3.34. The van der Waals surface area contributed by atoms with Gasteiger partial charge in [0, 0.05) is 0 Å². The molecule has 0 saturated heterocycles. The summed E-state index contributed by atoms with van der Waals surface area (Å²) in [6.07, 6.45) is 1.08. The summed E-state index contributed by atoms with van der Waals surface area (Å²) in [5.41, 5.74) is 9.49. The summed E-state index contributed by atoms with van der Waals surface area (Å²) >= 11 is 0.242. The number of benzene rings is 2. The molecule has 4 nitrogen and oxygen atoms in total. The molecule has 0 saturated carbocycles. The van der Waals surface area contributed by atoms with Crippen LogP contribution in [0.2, 0.25) is 4.82 Å². The molecular weight excluding hydrogens is 341 g/mol. The van der Waals surface area contributed by atoms with E-state index in [1.165, 1.54) is 4.46 Å². The Morgan fingerprint density at radius 2 is 1.64 bits per heavy atom. The van der Waals surface area contributed by atoms with Crippen LogP contribution in [-0.2, 0) is 0 Å². The predicted molar refractivity (Wildman–Crippen MR) is 90.2 cm³/mol. The van der Waals surface area contributed by atoms with E-state index in [4.69, 9.17) is 5.53 Å². The van der Waals surface area contributed by atoms with Crippen molar-refractivity contribution < 1.29 is 5.11 Å². The Balaban J connectivity index is 1.93. The van der Waals surface area contributed by atoms with Crippen molar-refractivity contribution in [3.8, 4) is 0 Å². The molecule has 1 N–H and O–H groups in total. The number of hydrogen-bond acceptors (Lipinski definition) is 2. The van der Waals surface area contributed by atoms with Crippen molar-refractivity contribution in [3.05, 3.63) is 76.7 Å². The number of hydrogen-bond donors (Lipinski definition) is 1. The number of aliphatic hydroxyl groups is 1. The molecular formula is C17H19N3OSe. The zero-order chi connectivity index (χ0) is 15.6. The van der Waals surface area contributed by atoms with E-state index in [1.54, 1.807) is 0 Å². The standard InChI is InChI=1S/C17H19N3OSe/c18-20-19-13-16(22-15-9-5-2-6-10-15)11-12-17(21)14-7-3-1-4-8-14/h1-10,16-17,21H,11-13H2. The number of aliphatic hydroxyl groups excluding tert-OH is 1. The Morgan fingerprint density at radius 3 is 2.27 bits per heavy atom. The maximum absolute atomic E-state index is 10.3. The molecule has 0 amide bonds. The van der Waals surface area contributed by atoms with Gasteiger partial charge in [-0.05, 0) is 0 Å². The van der Waals surface area contributed by atoms with Crippen LogP contribution in [0.3, 0.4) is 0 Å². The van der Waals surface area contributed by atoms with E-state index in [2.05, 4.69) is 22.2 Å². The molecule has 0 spiro atoms. The molecule has 0 aliphatic rings. The summed E-state index contributed by atoms with van der Waals surface area (Å²) in [5.74, 6) is 0. The van der Waals surface area contributed by atoms with Gasteiger partial charge in [-0.3, -0.25) is 0 Å². The maximum atomic E-state index is 10.3. The molecule has 2 unspecified atom stereocenters. The SMILES string of the molecule is [N-]=[N+]=NCC(CCC(O)c1ccccc1)[Se]c1ccccc1. The average molecular weight is 360 g/mol. The molecule has 2 rings (SSSR count). The molecule has 0 aliphatic carbocycles. The van der Waals surface area contributed by atoms with Crippen molar-refractivity contribution in [3.63, 3.8) is 0 Å². The summed E-state index contributed by atoms with van der Waals surface area (Å²) in [7, 11) is 0. The van der Waals surface area contributed by atoms with E-state index >= 15 is 0 Å². The van der Waals surface area contributed by atoms with E-state index in [0.29, 0.717) is 17.8 Å². The van der Waals surface area contributed by atoms with Gasteiger partial charge in [-0.25, -0.2) is 0 Å². The molecule has 0 radical (unpaired) electrons. The summed E-state index contributed by atoms with van der Waals surface area (Å²) in [6.45, 7) is 0.493.